The van der Waals surface area contributed by atoms with Crippen LogP contribution in [-0.4, -0.2) is 32.8 Å². The van der Waals surface area contributed by atoms with Gasteiger partial charge in [-0.2, -0.15) is 0 Å². The first-order valence-corrected chi connectivity index (χ1v) is 7.93. The van der Waals surface area contributed by atoms with E-state index in [1.165, 1.54) is 12.1 Å². The largest absolute Gasteiger partial charge is 0.368 e. The van der Waals surface area contributed by atoms with Gasteiger partial charge in [-0.05, 0) is 37.1 Å². The highest BCUT2D eigenvalue weighted by atomic mass is 32.2. The van der Waals surface area contributed by atoms with Crippen LogP contribution in [0.1, 0.15) is 19.8 Å². The Kier molecular flexibility index (Phi) is 4.21. The predicted molar refractivity (Wildman–Crippen MR) is 71.8 cm³/mol. The molecule has 1 aromatic carbocycles. The summed E-state index contributed by atoms with van der Waals surface area (Å²) in [7, 11) is -3.20. The average Bonchev–Trinajstić information content (AvgIpc) is 2.93. The quantitative estimate of drug-likeness (QED) is 0.911. The van der Waals surface area contributed by atoms with Gasteiger partial charge in [0, 0.05) is 12.3 Å². The molecule has 1 amide bonds. The summed E-state index contributed by atoms with van der Waals surface area (Å²) in [6, 6.07) is 6.19. The van der Waals surface area contributed by atoms with Gasteiger partial charge in [-0.1, -0.05) is 6.92 Å². The molecule has 0 radical (unpaired) electrons. The number of rotatable bonds is 4. The maximum atomic E-state index is 11.8. The molecule has 2 rings (SSSR count). The normalized spacial score (nSPS) is 19.3. The van der Waals surface area contributed by atoms with Gasteiger partial charge in [-0.25, -0.2) is 8.42 Å². The van der Waals surface area contributed by atoms with Gasteiger partial charge in [0.25, 0.3) is 5.91 Å². The zero-order valence-electron chi connectivity index (χ0n) is 10.8. The summed E-state index contributed by atoms with van der Waals surface area (Å²) in [5, 5.41) is 2.72. The minimum Gasteiger partial charge on any atom is -0.368 e. The molecular formula is C13H17NO4S. The number of hydrogen-bond acceptors (Lipinski definition) is 4. The van der Waals surface area contributed by atoms with Crippen LogP contribution in [0.25, 0.3) is 0 Å². The minimum atomic E-state index is -3.20. The van der Waals surface area contributed by atoms with Crippen molar-refractivity contribution in [1.29, 1.82) is 0 Å². The van der Waals surface area contributed by atoms with E-state index < -0.39 is 9.84 Å². The van der Waals surface area contributed by atoms with Gasteiger partial charge in [-0.3, -0.25) is 4.79 Å². The van der Waals surface area contributed by atoms with Crippen LogP contribution in [0, 0.1) is 0 Å². The fourth-order valence-corrected chi connectivity index (χ4v) is 2.80. The molecule has 0 aliphatic carbocycles. The molecule has 1 heterocycles. The van der Waals surface area contributed by atoms with E-state index in [-0.39, 0.29) is 22.7 Å². The summed E-state index contributed by atoms with van der Waals surface area (Å²) in [6.45, 7) is 2.22. The number of nitrogens with one attached hydrogen (secondary N) is 1. The predicted octanol–water partition coefficient (Wildman–Crippen LogP) is 1.60. The van der Waals surface area contributed by atoms with Crippen LogP contribution in [0.2, 0.25) is 0 Å². The van der Waals surface area contributed by atoms with E-state index in [0.717, 1.165) is 12.8 Å². The highest BCUT2D eigenvalue weighted by Crippen LogP contribution is 2.18. The van der Waals surface area contributed by atoms with Crippen molar-refractivity contribution in [2.75, 3.05) is 17.7 Å². The van der Waals surface area contributed by atoms with E-state index >= 15 is 0 Å². The summed E-state index contributed by atoms with van der Waals surface area (Å²) < 4.78 is 28.5. The number of sulfone groups is 1. The number of amides is 1. The molecule has 6 heteroatoms. The molecule has 5 nitrogen and oxygen atoms in total. The molecule has 1 aliphatic rings. The van der Waals surface area contributed by atoms with Gasteiger partial charge in [-0.15, -0.1) is 0 Å². The molecule has 1 saturated heterocycles. The summed E-state index contributed by atoms with van der Waals surface area (Å²) in [6.07, 6.45) is 1.24. The van der Waals surface area contributed by atoms with Crippen LogP contribution in [-0.2, 0) is 19.4 Å². The number of carbonyl (C=O) groups excluding carboxylic acids is 1. The SMILES string of the molecule is CCS(=O)(=O)c1ccc(NC(=O)C2CCCO2)cc1. The highest BCUT2D eigenvalue weighted by molar-refractivity contribution is 7.91. The molecule has 1 aliphatic heterocycles. The van der Waals surface area contributed by atoms with Gasteiger partial charge in [0.1, 0.15) is 6.10 Å². The number of carbonyl (C=O) groups is 1. The number of hydrogen-bond donors (Lipinski definition) is 1. The van der Waals surface area contributed by atoms with E-state index in [1.807, 2.05) is 0 Å². The number of anilines is 1. The van der Waals surface area contributed by atoms with Gasteiger partial charge < -0.3 is 10.1 Å². The van der Waals surface area contributed by atoms with Crippen molar-refractivity contribution in [1.82, 2.24) is 0 Å². The lowest BCUT2D eigenvalue weighted by molar-refractivity contribution is -0.124. The van der Waals surface area contributed by atoms with E-state index in [4.69, 9.17) is 4.74 Å². The van der Waals surface area contributed by atoms with Crippen LogP contribution in [0.15, 0.2) is 29.2 Å². The number of ether oxygens (including phenoxy) is 1. The molecular weight excluding hydrogens is 266 g/mol. The zero-order valence-corrected chi connectivity index (χ0v) is 11.6. The summed E-state index contributed by atoms with van der Waals surface area (Å²) in [5.74, 6) is -0.113. The standard InChI is InChI=1S/C13H17NO4S/c1-2-19(16,17)11-7-5-10(6-8-11)14-13(15)12-4-3-9-18-12/h5-8,12H,2-4,9H2,1H3,(H,14,15). The van der Waals surface area contributed by atoms with Crippen molar-refractivity contribution < 1.29 is 17.9 Å². The molecule has 1 atom stereocenters. The summed E-state index contributed by atoms with van der Waals surface area (Å²) >= 11 is 0. The van der Waals surface area contributed by atoms with Crippen molar-refractivity contribution in [2.45, 2.75) is 30.8 Å². The van der Waals surface area contributed by atoms with Gasteiger partial charge in [0.15, 0.2) is 9.84 Å². The first kappa shape index (κ1) is 14.0. The van der Waals surface area contributed by atoms with E-state index in [1.54, 1.807) is 19.1 Å². The molecule has 19 heavy (non-hydrogen) atoms. The smallest absolute Gasteiger partial charge is 0.253 e. The van der Waals surface area contributed by atoms with Crippen molar-refractivity contribution in [3.05, 3.63) is 24.3 Å². The Bertz CT molecular complexity index is 545. The van der Waals surface area contributed by atoms with Gasteiger partial charge in [0.2, 0.25) is 0 Å². The molecule has 1 aromatic rings. The number of benzene rings is 1. The van der Waals surface area contributed by atoms with Crippen molar-refractivity contribution in [3.63, 3.8) is 0 Å². The molecule has 0 bridgehead atoms. The maximum Gasteiger partial charge on any atom is 0.253 e. The monoisotopic (exact) mass is 283 g/mol. The molecule has 1 fully saturated rings. The van der Waals surface area contributed by atoms with Crippen molar-refractivity contribution in [3.8, 4) is 0 Å². The second-order valence-corrected chi connectivity index (χ2v) is 6.70. The fourth-order valence-electron chi connectivity index (χ4n) is 1.92. The Balaban J connectivity index is 2.04. The maximum absolute atomic E-state index is 11.8. The second kappa shape index (κ2) is 5.71. The average molecular weight is 283 g/mol. The van der Waals surface area contributed by atoms with Crippen LogP contribution in [0.3, 0.4) is 0 Å². The van der Waals surface area contributed by atoms with Crippen LogP contribution in [0.4, 0.5) is 5.69 Å². The Morgan fingerprint density at radius 2 is 2.05 bits per heavy atom. The van der Waals surface area contributed by atoms with Crippen molar-refractivity contribution in [2.24, 2.45) is 0 Å². The fraction of sp³-hybridized carbons (Fsp3) is 0.462. The molecule has 0 aromatic heterocycles. The molecule has 1 N–H and O–H groups in total. The lowest BCUT2D eigenvalue weighted by Crippen LogP contribution is -2.26. The second-order valence-electron chi connectivity index (χ2n) is 4.42. The topological polar surface area (TPSA) is 72.5 Å². The van der Waals surface area contributed by atoms with Crippen LogP contribution >= 0.6 is 0 Å². The third kappa shape index (κ3) is 3.33. The zero-order chi connectivity index (χ0) is 13.9. The van der Waals surface area contributed by atoms with E-state index in [0.29, 0.717) is 12.3 Å². The molecule has 0 spiro atoms. The third-order valence-electron chi connectivity index (χ3n) is 3.08. The Hall–Kier alpha value is -1.40. The van der Waals surface area contributed by atoms with Crippen LogP contribution < -0.4 is 5.32 Å². The Morgan fingerprint density at radius 3 is 2.58 bits per heavy atom. The van der Waals surface area contributed by atoms with Gasteiger partial charge >= 0.3 is 0 Å². The first-order chi connectivity index (χ1) is 9.03. The molecule has 104 valence electrons. The first-order valence-electron chi connectivity index (χ1n) is 6.28. The van der Waals surface area contributed by atoms with Crippen LogP contribution in [0.5, 0.6) is 0 Å². The molecule has 0 saturated carbocycles. The lowest BCUT2D eigenvalue weighted by atomic mass is 10.2. The van der Waals surface area contributed by atoms with E-state index in [2.05, 4.69) is 5.32 Å². The van der Waals surface area contributed by atoms with E-state index in [9.17, 15) is 13.2 Å². The van der Waals surface area contributed by atoms with Gasteiger partial charge in [0.05, 0.1) is 10.6 Å². The van der Waals surface area contributed by atoms with Crippen molar-refractivity contribution >= 4 is 21.4 Å². The summed E-state index contributed by atoms with van der Waals surface area (Å²) in [4.78, 5) is 12.1. The third-order valence-corrected chi connectivity index (χ3v) is 4.83. The molecule has 1 unspecified atom stereocenters. The Morgan fingerprint density at radius 1 is 1.37 bits per heavy atom. The lowest BCUT2D eigenvalue weighted by Gasteiger charge is -2.10. The highest BCUT2D eigenvalue weighted by Gasteiger charge is 2.23. The minimum absolute atomic E-state index is 0.0641. The Labute approximate surface area is 112 Å². The summed E-state index contributed by atoms with van der Waals surface area (Å²) in [5.41, 5.74) is 0.579.